The van der Waals surface area contributed by atoms with Gasteiger partial charge < -0.3 is 14.2 Å². The van der Waals surface area contributed by atoms with Crippen LogP contribution in [0, 0.1) is 5.41 Å². The molecular formula is C31H42ClN2O6S+. The van der Waals surface area contributed by atoms with E-state index in [1.165, 1.54) is 18.7 Å². The standard InChI is InChI=1S/C31H42ClN2O6S/c1-19(35)14-24(29(37)40-31(5,6)7)33-34(18-30(2,3)4)25-13-10-20(32)15-23(25)28(41-17-27(34)36)22-12-11-21(38-8)16-26(22)39-9/h10-13,15-16,24,28,33H,14,17-18H2,1-9H3/q+1/t24-,28-,34?/m0/s1. The number of ether oxygens (including phenoxy) is 3. The van der Waals surface area contributed by atoms with E-state index >= 15 is 0 Å². The van der Waals surface area contributed by atoms with Gasteiger partial charge in [-0.15, -0.1) is 21.8 Å². The van der Waals surface area contributed by atoms with Crippen molar-refractivity contribution in [1.29, 1.82) is 0 Å². The Balaban J connectivity index is 2.29. The summed E-state index contributed by atoms with van der Waals surface area (Å²) in [6, 6.07) is 9.99. The van der Waals surface area contributed by atoms with Crippen LogP contribution in [0.1, 0.15) is 71.3 Å². The zero-order valence-corrected chi connectivity index (χ0v) is 27.0. The van der Waals surface area contributed by atoms with Gasteiger partial charge in [0.25, 0.3) is 0 Å². The molecule has 0 saturated heterocycles. The number of nitrogens with one attached hydrogen (secondary N) is 1. The third-order valence-corrected chi connectivity index (χ3v) is 7.97. The normalized spacial score (nSPS) is 20.0. The molecule has 2 aromatic rings. The minimum absolute atomic E-state index is 0.121. The number of methoxy groups -OCH3 is 2. The van der Waals surface area contributed by atoms with E-state index in [2.05, 4.69) is 5.43 Å². The Labute approximate surface area is 252 Å². The highest BCUT2D eigenvalue weighted by atomic mass is 35.5. The molecular weight excluding hydrogens is 564 g/mol. The molecule has 0 saturated carbocycles. The Morgan fingerprint density at radius 3 is 2.29 bits per heavy atom. The first kappa shape index (κ1) is 32.9. The van der Waals surface area contributed by atoms with Crippen LogP contribution in [0.5, 0.6) is 11.5 Å². The molecule has 1 unspecified atom stereocenters. The molecule has 1 aliphatic heterocycles. The van der Waals surface area contributed by atoms with E-state index in [0.29, 0.717) is 28.8 Å². The van der Waals surface area contributed by atoms with Crippen molar-refractivity contribution in [3.63, 3.8) is 0 Å². The van der Waals surface area contributed by atoms with Crippen molar-refractivity contribution in [3.05, 3.63) is 52.5 Å². The van der Waals surface area contributed by atoms with Crippen molar-refractivity contribution in [2.75, 3.05) is 26.5 Å². The number of hydrogen-bond acceptors (Lipinski definition) is 8. The number of hydrogen-bond donors (Lipinski definition) is 1. The first-order valence-corrected chi connectivity index (χ1v) is 15.0. The average Bonchev–Trinajstić information content (AvgIpc) is 2.95. The van der Waals surface area contributed by atoms with Crippen molar-refractivity contribution in [1.82, 2.24) is 10.0 Å². The van der Waals surface area contributed by atoms with Crippen LogP contribution in [0.15, 0.2) is 36.4 Å². The molecule has 224 valence electrons. The number of halogens is 1. The molecule has 3 atom stereocenters. The molecule has 41 heavy (non-hydrogen) atoms. The highest BCUT2D eigenvalue weighted by Gasteiger charge is 2.51. The molecule has 1 heterocycles. The number of carbonyl (C=O) groups is 3. The molecule has 0 fully saturated rings. The van der Waals surface area contributed by atoms with Crippen LogP contribution in [-0.4, -0.2) is 55.8 Å². The van der Waals surface area contributed by atoms with Gasteiger partial charge in [0.1, 0.15) is 35.2 Å². The zero-order chi connectivity index (χ0) is 30.8. The van der Waals surface area contributed by atoms with Gasteiger partial charge in [0.15, 0.2) is 11.7 Å². The van der Waals surface area contributed by atoms with E-state index in [1.54, 1.807) is 41.1 Å². The molecule has 1 amide bonds. The number of quaternary nitrogens is 1. The summed E-state index contributed by atoms with van der Waals surface area (Å²) in [5.41, 5.74) is 4.53. The lowest BCUT2D eigenvalue weighted by Gasteiger charge is -2.41. The average molecular weight is 606 g/mol. The fourth-order valence-electron chi connectivity index (χ4n) is 5.04. The minimum atomic E-state index is -1.06. The predicted octanol–water partition coefficient (Wildman–Crippen LogP) is 6.27. The molecule has 0 spiro atoms. The second-order valence-electron chi connectivity index (χ2n) is 12.5. The number of thioether (sulfide) groups is 1. The summed E-state index contributed by atoms with van der Waals surface area (Å²) >= 11 is 8.03. The lowest BCUT2D eigenvalue weighted by molar-refractivity contribution is -0.161. The zero-order valence-electron chi connectivity index (χ0n) is 25.4. The summed E-state index contributed by atoms with van der Waals surface area (Å²) in [6.45, 7) is 13.2. The molecule has 0 radical (unpaired) electrons. The highest BCUT2D eigenvalue weighted by molar-refractivity contribution is 8.00. The number of ketones is 1. The first-order chi connectivity index (χ1) is 19.0. The Kier molecular flexibility index (Phi) is 10.2. The summed E-state index contributed by atoms with van der Waals surface area (Å²) in [6.07, 6.45) is -0.127. The topological polar surface area (TPSA) is 90.9 Å². The van der Waals surface area contributed by atoms with Crippen LogP contribution in [0.4, 0.5) is 5.69 Å². The van der Waals surface area contributed by atoms with Crippen LogP contribution in [0.2, 0.25) is 5.02 Å². The van der Waals surface area contributed by atoms with Gasteiger partial charge in [-0.05, 0) is 45.9 Å². The molecule has 0 bridgehead atoms. The van der Waals surface area contributed by atoms with Crippen molar-refractivity contribution in [2.24, 2.45) is 5.41 Å². The van der Waals surface area contributed by atoms with E-state index in [4.69, 9.17) is 25.8 Å². The number of benzene rings is 2. The van der Waals surface area contributed by atoms with Gasteiger partial charge in [0, 0.05) is 40.1 Å². The maximum Gasteiger partial charge on any atom is 0.347 e. The number of Topliss-reactive ketones (excluding diaryl/α,β-unsaturated/α-hetero) is 1. The van der Waals surface area contributed by atoms with Crippen molar-refractivity contribution in [2.45, 2.75) is 71.8 Å². The third-order valence-electron chi connectivity index (χ3n) is 6.48. The second kappa shape index (κ2) is 12.7. The molecule has 1 aliphatic rings. The summed E-state index contributed by atoms with van der Waals surface area (Å²) in [4.78, 5) is 40.2. The van der Waals surface area contributed by atoms with E-state index in [1.807, 2.05) is 51.1 Å². The van der Waals surface area contributed by atoms with Gasteiger partial charge in [-0.1, -0.05) is 38.4 Å². The minimum Gasteiger partial charge on any atom is -0.497 e. The van der Waals surface area contributed by atoms with E-state index in [0.717, 1.165) is 11.1 Å². The highest BCUT2D eigenvalue weighted by Crippen LogP contribution is 2.49. The van der Waals surface area contributed by atoms with Crippen LogP contribution in [0.3, 0.4) is 0 Å². The van der Waals surface area contributed by atoms with Crippen LogP contribution in [0.25, 0.3) is 0 Å². The van der Waals surface area contributed by atoms with E-state index in [9.17, 15) is 14.4 Å². The summed E-state index contributed by atoms with van der Waals surface area (Å²) in [5.74, 6) is 0.447. The van der Waals surface area contributed by atoms with Crippen LogP contribution >= 0.6 is 23.4 Å². The molecule has 0 aliphatic carbocycles. The number of rotatable bonds is 9. The molecule has 10 heteroatoms. The Morgan fingerprint density at radius 1 is 1.05 bits per heavy atom. The lowest BCUT2D eigenvalue weighted by Crippen LogP contribution is -2.70. The molecule has 3 rings (SSSR count). The summed E-state index contributed by atoms with van der Waals surface area (Å²) in [7, 11) is 3.19. The molecule has 8 nitrogen and oxygen atoms in total. The number of amides is 1. The number of carbonyl (C=O) groups excluding carboxylic acids is 3. The largest absolute Gasteiger partial charge is 0.497 e. The maximum absolute atomic E-state index is 14.4. The van der Waals surface area contributed by atoms with E-state index in [-0.39, 0.29) is 39.1 Å². The molecule has 2 aromatic carbocycles. The fourth-order valence-corrected chi connectivity index (χ4v) is 6.50. The fraction of sp³-hybridized carbons (Fsp3) is 0.516. The summed E-state index contributed by atoms with van der Waals surface area (Å²) in [5, 5.41) is 0.195. The smallest absolute Gasteiger partial charge is 0.347 e. The van der Waals surface area contributed by atoms with Crippen LogP contribution < -0.4 is 19.5 Å². The molecule has 0 aromatic heterocycles. The van der Waals surface area contributed by atoms with Gasteiger partial charge >= 0.3 is 11.9 Å². The monoisotopic (exact) mass is 605 g/mol. The van der Waals surface area contributed by atoms with Gasteiger partial charge in [0.2, 0.25) is 0 Å². The van der Waals surface area contributed by atoms with Crippen LogP contribution in [-0.2, 0) is 19.1 Å². The lowest BCUT2D eigenvalue weighted by atomic mass is 9.93. The Hall–Kier alpha value is -2.59. The van der Waals surface area contributed by atoms with Crippen molar-refractivity contribution < 1.29 is 28.6 Å². The number of nitrogens with zero attached hydrogens (tertiary/aromatic N) is 1. The number of esters is 1. The Bertz CT molecular complexity index is 1300. The van der Waals surface area contributed by atoms with E-state index < -0.39 is 17.6 Å². The number of fused-ring (bicyclic) bond motifs is 1. The van der Waals surface area contributed by atoms with Crippen molar-refractivity contribution in [3.8, 4) is 11.5 Å². The quantitative estimate of drug-likeness (QED) is 0.264. The predicted molar refractivity (Wildman–Crippen MR) is 164 cm³/mol. The van der Waals surface area contributed by atoms with Crippen molar-refractivity contribution >= 4 is 46.7 Å². The second-order valence-corrected chi connectivity index (χ2v) is 14.1. The molecule has 1 N–H and O–H groups in total. The third kappa shape index (κ3) is 8.03. The van der Waals surface area contributed by atoms with Gasteiger partial charge in [0.05, 0.1) is 19.5 Å². The van der Waals surface area contributed by atoms with Gasteiger partial charge in [-0.2, -0.15) is 0 Å². The van der Waals surface area contributed by atoms with Gasteiger partial charge in [-0.3, -0.25) is 9.59 Å². The van der Waals surface area contributed by atoms with Gasteiger partial charge in [-0.25, -0.2) is 4.79 Å². The SMILES string of the molecule is COc1ccc([C@@H]2SCC(=O)[N+](CC(C)(C)C)(N[C@@H](CC(C)=O)C(=O)OC(C)(C)C)c3ccc(Cl)cc32)c(OC)c1. The maximum atomic E-state index is 14.4. The summed E-state index contributed by atoms with van der Waals surface area (Å²) < 4.78 is 16.5. The first-order valence-electron chi connectivity index (χ1n) is 13.5. The Morgan fingerprint density at radius 2 is 1.73 bits per heavy atom.